The van der Waals surface area contributed by atoms with E-state index < -0.39 is 23.7 Å². The summed E-state index contributed by atoms with van der Waals surface area (Å²) in [5.74, 6) is -0.0695. The van der Waals surface area contributed by atoms with E-state index in [9.17, 15) is 21.6 Å². The summed E-state index contributed by atoms with van der Waals surface area (Å²) in [5, 5.41) is 2.68. The zero-order chi connectivity index (χ0) is 25.1. The Labute approximate surface area is 208 Å². The molecule has 0 bridgehead atoms. The molecule has 0 N–H and O–H groups in total. The highest BCUT2D eigenvalue weighted by molar-refractivity contribution is 7.88. The predicted molar refractivity (Wildman–Crippen MR) is 138 cm³/mol. The van der Waals surface area contributed by atoms with Gasteiger partial charge in [0.25, 0.3) is 0 Å². The van der Waals surface area contributed by atoms with Gasteiger partial charge in [-0.15, -0.1) is 0 Å². The van der Waals surface area contributed by atoms with Gasteiger partial charge in [-0.2, -0.15) is 21.6 Å². The maximum Gasteiger partial charge on any atom is 0.534 e. The van der Waals surface area contributed by atoms with E-state index in [1.807, 2.05) is 24.3 Å². The molecule has 2 aliphatic carbocycles. The number of halogens is 3. The lowest BCUT2D eigenvalue weighted by molar-refractivity contribution is -0.0499. The van der Waals surface area contributed by atoms with Crippen molar-refractivity contribution in [2.75, 3.05) is 0 Å². The first-order chi connectivity index (χ1) is 16.7. The number of unbranched alkanes of at least 4 members (excludes halogenated alkanes) is 1. The summed E-state index contributed by atoms with van der Waals surface area (Å²) < 4.78 is 70.0. The summed E-state index contributed by atoms with van der Waals surface area (Å²) in [6.07, 6.45) is 13.3. The Morgan fingerprint density at radius 3 is 2.00 bits per heavy atom. The normalized spacial score (nSPS) is 19.2. The molecule has 2 saturated carbocycles. The fourth-order valence-corrected chi connectivity index (χ4v) is 15.2. The second kappa shape index (κ2) is 10.8. The Morgan fingerprint density at radius 1 is 0.886 bits per heavy atom. The number of fused-ring (bicyclic) bond motifs is 1. The molecule has 2 fully saturated rings. The van der Waals surface area contributed by atoms with E-state index in [1.165, 1.54) is 18.9 Å². The van der Waals surface area contributed by atoms with Gasteiger partial charge in [0.15, 0.2) is 0 Å². The Hall–Kier alpha value is -1.54. The Bertz CT molecular complexity index is 1090. The summed E-state index contributed by atoms with van der Waals surface area (Å²) in [6, 6.07) is 12.0. The zero-order valence-electron chi connectivity index (χ0n) is 20.6. The molecular weight excluding hydrogens is 489 g/mol. The van der Waals surface area contributed by atoms with Gasteiger partial charge in [0.1, 0.15) is 5.75 Å². The van der Waals surface area contributed by atoms with E-state index in [4.69, 9.17) is 4.18 Å². The Kier molecular flexibility index (Phi) is 8.21. The number of alkyl halides is 3. The third-order valence-electron chi connectivity index (χ3n) is 8.45. The van der Waals surface area contributed by atoms with Crippen LogP contribution in [0.3, 0.4) is 0 Å². The first kappa shape index (κ1) is 26.5. The van der Waals surface area contributed by atoms with Gasteiger partial charge in [-0.05, 0) is 33.1 Å². The van der Waals surface area contributed by atoms with Crippen LogP contribution in [-0.4, -0.2) is 22.0 Å². The summed E-state index contributed by atoms with van der Waals surface area (Å²) >= 11 is 0. The van der Waals surface area contributed by atoms with E-state index in [2.05, 4.69) is 6.92 Å². The highest BCUT2D eigenvalue weighted by atomic mass is 32.2. The third-order valence-corrected chi connectivity index (χ3v) is 16.1. The maximum absolute atomic E-state index is 13.5. The van der Waals surface area contributed by atoms with Gasteiger partial charge in [0.05, 0.1) is 8.07 Å². The Balaban J connectivity index is 2.01. The molecule has 2 aromatic rings. The van der Waals surface area contributed by atoms with Gasteiger partial charge in [0.2, 0.25) is 0 Å². The molecular formula is C27H37F3O3SSi. The molecule has 0 unspecified atom stereocenters. The van der Waals surface area contributed by atoms with Crippen LogP contribution in [-0.2, 0) is 10.1 Å². The van der Waals surface area contributed by atoms with Crippen LogP contribution in [0.4, 0.5) is 13.2 Å². The second-order valence-corrected chi connectivity index (χ2v) is 16.7. The van der Waals surface area contributed by atoms with E-state index in [1.54, 1.807) is 6.07 Å². The minimum Gasteiger partial charge on any atom is -0.376 e. The van der Waals surface area contributed by atoms with Crippen LogP contribution in [0.2, 0.25) is 17.1 Å². The summed E-state index contributed by atoms with van der Waals surface area (Å²) in [5.41, 5.74) is -4.58. The van der Waals surface area contributed by atoms with E-state index in [-0.39, 0.29) is 5.75 Å². The molecule has 0 spiro atoms. The van der Waals surface area contributed by atoms with E-state index in [0.717, 1.165) is 86.2 Å². The molecule has 2 aromatic carbocycles. The van der Waals surface area contributed by atoms with Crippen molar-refractivity contribution in [2.24, 2.45) is 0 Å². The number of benzene rings is 2. The number of hydrogen-bond acceptors (Lipinski definition) is 3. The van der Waals surface area contributed by atoms with Crippen LogP contribution < -0.4 is 9.37 Å². The van der Waals surface area contributed by atoms with E-state index in [0.29, 0.717) is 11.1 Å². The van der Waals surface area contributed by atoms with E-state index >= 15 is 0 Å². The molecule has 8 heteroatoms. The Morgan fingerprint density at radius 2 is 1.46 bits per heavy atom. The topological polar surface area (TPSA) is 43.4 Å². The molecule has 0 aliphatic heterocycles. The number of rotatable bonds is 8. The first-order valence-electron chi connectivity index (χ1n) is 13.2. The highest BCUT2D eigenvalue weighted by Gasteiger charge is 2.53. The maximum atomic E-state index is 13.5. The van der Waals surface area contributed by atoms with Crippen molar-refractivity contribution < 1.29 is 25.8 Å². The fourth-order valence-electron chi connectivity index (χ4n) is 6.95. The molecule has 0 radical (unpaired) electrons. The average molecular weight is 527 g/mol. The van der Waals surface area contributed by atoms with Gasteiger partial charge < -0.3 is 4.18 Å². The van der Waals surface area contributed by atoms with Crippen LogP contribution in [0.25, 0.3) is 10.8 Å². The minimum absolute atomic E-state index is 0.0695. The van der Waals surface area contributed by atoms with Gasteiger partial charge in [-0.25, -0.2) is 0 Å². The summed E-state index contributed by atoms with van der Waals surface area (Å²) in [7, 11) is -8.28. The van der Waals surface area contributed by atoms with Crippen molar-refractivity contribution in [3.8, 4) is 5.75 Å². The SMILES string of the molecule is CCCC[Si](c1c(OS(=O)(=O)C(F)(F)F)ccc2ccccc12)(C1CCCCC1)C1CCCCC1. The van der Waals surface area contributed by atoms with Crippen LogP contribution in [0, 0.1) is 0 Å². The van der Waals surface area contributed by atoms with Gasteiger partial charge in [-0.1, -0.05) is 120 Å². The predicted octanol–water partition coefficient (Wildman–Crippen LogP) is 8.19. The second-order valence-electron chi connectivity index (χ2n) is 10.5. The summed E-state index contributed by atoms with van der Waals surface area (Å²) in [6.45, 7) is 2.16. The van der Waals surface area contributed by atoms with Crippen molar-refractivity contribution in [3.05, 3.63) is 36.4 Å². The van der Waals surface area contributed by atoms with Gasteiger partial charge in [0, 0.05) is 0 Å². The van der Waals surface area contributed by atoms with Crippen molar-refractivity contribution in [1.82, 2.24) is 0 Å². The van der Waals surface area contributed by atoms with Crippen molar-refractivity contribution in [1.29, 1.82) is 0 Å². The zero-order valence-corrected chi connectivity index (χ0v) is 22.4. The van der Waals surface area contributed by atoms with Gasteiger partial charge in [-0.3, -0.25) is 0 Å². The van der Waals surface area contributed by atoms with Crippen LogP contribution in [0.15, 0.2) is 36.4 Å². The lowest BCUT2D eigenvalue weighted by Gasteiger charge is -2.49. The molecule has 0 aromatic heterocycles. The lowest BCUT2D eigenvalue weighted by Crippen LogP contribution is -2.57. The molecule has 0 saturated heterocycles. The molecule has 0 atom stereocenters. The molecule has 194 valence electrons. The van der Waals surface area contributed by atoms with Crippen LogP contribution in [0.5, 0.6) is 5.75 Å². The van der Waals surface area contributed by atoms with Crippen molar-refractivity contribution >= 4 is 34.2 Å². The summed E-state index contributed by atoms with van der Waals surface area (Å²) in [4.78, 5) is 0. The highest BCUT2D eigenvalue weighted by Crippen LogP contribution is 2.52. The van der Waals surface area contributed by atoms with Crippen molar-refractivity contribution in [3.63, 3.8) is 0 Å². The monoisotopic (exact) mass is 526 g/mol. The average Bonchev–Trinajstić information content (AvgIpc) is 2.85. The van der Waals surface area contributed by atoms with Gasteiger partial charge >= 0.3 is 15.6 Å². The van der Waals surface area contributed by atoms with Crippen LogP contribution in [0.1, 0.15) is 84.0 Å². The molecule has 3 nitrogen and oxygen atoms in total. The molecule has 2 aliphatic rings. The molecule has 0 amide bonds. The first-order valence-corrected chi connectivity index (χ1v) is 17.0. The largest absolute Gasteiger partial charge is 0.534 e. The fraction of sp³-hybridized carbons (Fsp3) is 0.630. The standard InChI is InChI=1S/C27H37F3O3SSi/c1-2-3-20-35(22-13-6-4-7-14-22,23-15-8-5-9-16-23)26-24-17-11-10-12-21(24)18-19-25(26)33-34(31,32)27(28,29)30/h10-12,17-19,22-23H,2-9,13-16,20H2,1H3. The number of hydrogen-bond donors (Lipinski definition) is 0. The molecule has 35 heavy (non-hydrogen) atoms. The smallest absolute Gasteiger partial charge is 0.376 e. The minimum atomic E-state index is -5.76. The third kappa shape index (κ3) is 5.29. The van der Waals surface area contributed by atoms with Crippen molar-refractivity contribution in [2.45, 2.75) is 107 Å². The lowest BCUT2D eigenvalue weighted by atomic mass is 9.99. The quantitative estimate of drug-likeness (QED) is 0.198. The molecule has 0 heterocycles. The van der Waals surface area contributed by atoms with Crippen LogP contribution >= 0.6 is 0 Å². The molecule has 4 rings (SSSR count).